The van der Waals surface area contributed by atoms with E-state index in [1.54, 1.807) is 32.9 Å². The van der Waals surface area contributed by atoms with Crippen LogP contribution in [0.3, 0.4) is 0 Å². The van der Waals surface area contributed by atoms with E-state index in [2.05, 4.69) is 5.32 Å². The summed E-state index contributed by atoms with van der Waals surface area (Å²) in [6.45, 7) is 9.38. The monoisotopic (exact) mass is 549 g/mol. The molecule has 0 saturated carbocycles. The van der Waals surface area contributed by atoms with E-state index in [0.29, 0.717) is 22.5 Å². The first-order valence-electron chi connectivity index (χ1n) is 13.2. The number of carboxylic acid groups (broad SMARTS) is 1. The van der Waals surface area contributed by atoms with Crippen LogP contribution in [0.1, 0.15) is 53.9 Å². The summed E-state index contributed by atoms with van der Waals surface area (Å²) >= 11 is 0. The number of carbonyl (C=O) groups is 1. The summed E-state index contributed by atoms with van der Waals surface area (Å²) < 4.78 is 46.7. The summed E-state index contributed by atoms with van der Waals surface area (Å²) in [5.41, 5.74) is 1.53. The van der Waals surface area contributed by atoms with Crippen molar-refractivity contribution in [2.45, 2.75) is 72.2 Å². The highest BCUT2D eigenvalue weighted by Crippen LogP contribution is 2.34. The van der Waals surface area contributed by atoms with E-state index in [0.717, 1.165) is 24.1 Å². The number of ether oxygens (including phenoxy) is 1. The third-order valence-corrected chi connectivity index (χ3v) is 6.08. The summed E-state index contributed by atoms with van der Waals surface area (Å²) in [6, 6.07) is -0.423. The van der Waals surface area contributed by atoms with Crippen molar-refractivity contribution in [3.63, 3.8) is 0 Å². The Kier molecular flexibility index (Phi) is 14.6. The molecule has 0 fully saturated rings. The highest BCUT2D eigenvalue weighted by Gasteiger charge is 2.33. The van der Waals surface area contributed by atoms with Gasteiger partial charge in [0, 0.05) is 18.2 Å². The van der Waals surface area contributed by atoms with Crippen LogP contribution in [-0.2, 0) is 9.53 Å². The van der Waals surface area contributed by atoms with E-state index in [1.165, 1.54) is 13.2 Å². The molecule has 3 N–H and O–H groups in total. The molecule has 2 aliphatic carbocycles. The second-order valence-corrected chi connectivity index (χ2v) is 9.15. The molecule has 5 nitrogen and oxygen atoms in total. The molecule has 0 saturated heterocycles. The third-order valence-electron chi connectivity index (χ3n) is 6.08. The van der Waals surface area contributed by atoms with Gasteiger partial charge < -0.3 is 20.3 Å². The van der Waals surface area contributed by atoms with Crippen LogP contribution in [-0.4, -0.2) is 48.2 Å². The van der Waals surface area contributed by atoms with E-state index in [-0.39, 0.29) is 25.3 Å². The molecule has 0 heterocycles. The average molecular weight is 550 g/mol. The van der Waals surface area contributed by atoms with Crippen LogP contribution in [0.2, 0.25) is 0 Å². The first-order chi connectivity index (χ1) is 18.5. The van der Waals surface area contributed by atoms with Gasteiger partial charge in [0.1, 0.15) is 5.76 Å². The number of carboxylic acids is 1. The number of methoxy groups -OCH3 is 1. The van der Waals surface area contributed by atoms with Crippen molar-refractivity contribution in [1.82, 2.24) is 5.32 Å². The molecule has 0 amide bonds. The fourth-order valence-electron chi connectivity index (χ4n) is 4.12. The van der Waals surface area contributed by atoms with Crippen molar-refractivity contribution >= 4 is 5.97 Å². The lowest BCUT2D eigenvalue weighted by atomic mass is 9.92. The molecule has 0 bridgehead atoms. The minimum Gasteiger partial charge on any atom is -0.496 e. The normalized spacial score (nSPS) is 18.7. The molecule has 39 heavy (non-hydrogen) atoms. The zero-order valence-electron chi connectivity index (χ0n) is 23.7. The molecule has 2 rings (SSSR count). The molecule has 2 aliphatic rings. The maximum absolute atomic E-state index is 13.7. The van der Waals surface area contributed by atoms with Gasteiger partial charge in [-0.15, -0.1) is 0 Å². The third kappa shape index (κ3) is 11.3. The van der Waals surface area contributed by atoms with Gasteiger partial charge in [0.05, 0.1) is 25.2 Å². The largest absolute Gasteiger partial charge is 0.496 e. The Morgan fingerprint density at radius 3 is 2.46 bits per heavy atom. The van der Waals surface area contributed by atoms with Crippen LogP contribution in [0.15, 0.2) is 94.4 Å². The highest BCUT2D eigenvalue weighted by molar-refractivity contribution is 5.67. The molecule has 3 atom stereocenters. The van der Waals surface area contributed by atoms with Crippen molar-refractivity contribution in [2.24, 2.45) is 5.92 Å². The zero-order valence-corrected chi connectivity index (χ0v) is 23.7. The van der Waals surface area contributed by atoms with Crippen LogP contribution in [0.5, 0.6) is 0 Å². The summed E-state index contributed by atoms with van der Waals surface area (Å²) in [7, 11) is 1.46. The molecular weight excluding hydrogens is 507 g/mol. The molecule has 8 heteroatoms. The number of alkyl halides is 3. The summed E-state index contributed by atoms with van der Waals surface area (Å²) in [4.78, 5) is 11.2. The number of hydrogen-bond donors (Lipinski definition) is 3. The molecule has 0 aromatic heterocycles. The number of aliphatic carboxylic acids is 1. The zero-order chi connectivity index (χ0) is 29.6. The smallest absolute Gasteiger partial charge is 0.416 e. The number of aliphatic hydroxyl groups excluding tert-OH is 1. The van der Waals surface area contributed by atoms with Gasteiger partial charge in [-0.2, -0.15) is 13.2 Å². The van der Waals surface area contributed by atoms with Gasteiger partial charge in [-0.3, -0.25) is 4.79 Å². The molecule has 216 valence electrons. The molecule has 0 spiro atoms. The van der Waals surface area contributed by atoms with Crippen LogP contribution in [0, 0.1) is 5.92 Å². The van der Waals surface area contributed by atoms with Crippen LogP contribution < -0.4 is 5.32 Å². The molecule has 0 aromatic carbocycles. The highest BCUT2D eigenvalue weighted by atomic mass is 19.4. The topological polar surface area (TPSA) is 78.8 Å². The standard InChI is InChI=1S/C29H36F3NO4.C2H6/c1-5-26(37-4)25(14-19(2)15-27(34)35)23-12-13-24(29(30,31)32)17-21(16-23)18-33-20(3)28(36)22-10-8-6-7-9-11-22;1-2/h5-6,8-14,17,19-20,28,33,36H,7,15-16,18H2,1-4H3,(H,34,35);1-2H3/b25-14-,26-5+;. The lowest BCUT2D eigenvalue weighted by Gasteiger charge is -2.23. The Labute approximate surface area is 230 Å². The molecule has 0 aromatic rings. The number of hydrogen-bond acceptors (Lipinski definition) is 4. The van der Waals surface area contributed by atoms with Crippen LogP contribution in [0.4, 0.5) is 13.2 Å². The number of allylic oxidation sites excluding steroid dienone is 11. The lowest BCUT2D eigenvalue weighted by Crippen LogP contribution is -2.39. The van der Waals surface area contributed by atoms with E-state index in [4.69, 9.17) is 4.74 Å². The fourth-order valence-corrected chi connectivity index (χ4v) is 4.12. The maximum atomic E-state index is 13.7. The number of aliphatic hydroxyl groups is 1. The minimum atomic E-state index is -4.55. The predicted molar refractivity (Wildman–Crippen MR) is 151 cm³/mol. The van der Waals surface area contributed by atoms with Gasteiger partial charge in [-0.05, 0) is 62.0 Å². The molecule has 0 radical (unpaired) electrons. The van der Waals surface area contributed by atoms with Crippen LogP contribution in [0.25, 0.3) is 0 Å². The maximum Gasteiger partial charge on any atom is 0.416 e. The predicted octanol–water partition coefficient (Wildman–Crippen LogP) is 7.13. The van der Waals surface area contributed by atoms with E-state index in [1.807, 2.05) is 44.2 Å². The Morgan fingerprint density at radius 1 is 1.18 bits per heavy atom. The molecular formula is C31H42F3NO4. The van der Waals surface area contributed by atoms with E-state index in [9.17, 15) is 28.2 Å². The van der Waals surface area contributed by atoms with E-state index < -0.39 is 29.9 Å². The average Bonchev–Trinajstić information content (AvgIpc) is 3.29. The summed E-state index contributed by atoms with van der Waals surface area (Å²) in [5.74, 6) is -0.893. The van der Waals surface area contributed by atoms with Crippen molar-refractivity contribution < 1.29 is 32.9 Å². The quantitative estimate of drug-likeness (QED) is 0.189. The Balaban J connectivity index is 0.00000371. The second kappa shape index (κ2) is 16.8. The summed E-state index contributed by atoms with van der Waals surface area (Å²) in [6.07, 6.45) is 11.9. The lowest BCUT2D eigenvalue weighted by molar-refractivity contribution is -0.137. The van der Waals surface area contributed by atoms with Gasteiger partial charge in [0.2, 0.25) is 0 Å². The number of halogens is 3. The summed E-state index contributed by atoms with van der Waals surface area (Å²) in [5, 5.41) is 23.1. The Morgan fingerprint density at radius 2 is 1.87 bits per heavy atom. The first-order valence-corrected chi connectivity index (χ1v) is 13.2. The van der Waals surface area contributed by atoms with Crippen molar-refractivity contribution in [3.05, 3.63) is 94.4 Å². The number of rotatable bonds is 11. The SMILES string of the molecule is C/C=C(OC)\C(=C/C(C)CC(=O)O)C1=CC=C(C(F)(F)F)C=C(CNC(C)C(O)C2=CC=CCC=C2)C1.CC. The van der Waals surface area contributed by atoms with Crippen molar-refractivity contribution in [3.8, 4) is 0 Å². The Hall–Kier alpha value is -3.10. The molecule has 3 unspecified atom stereocenters. The van der Waals surface area contributed by atoms with E-state index >= 15 is 0 Å². The van der Waals surface area contributed by atoms with Crippen molar-refractivity contribution in [1.29, 1.82) is 0 Å². The number of nitrogens with one attached hydrogen (secondary N) is 1. The molecule has 0 aliphatic heterocycles. The fraction of sp³-hybridized carbons (Fsp3) is 0.452. The van der Waals surface area contributed by atoms with Gasteiger partial charge in [-0.1, -0.05) is 68.9 Å². The van der Waals surface area contributed by atoms with Gasteiger partial charge >= 0.3 is 12.1 Å². The van der Waals surface area contributed by atoms with Gasteiger partial charge in [0.15, 0.2) is 0 Å². The minimum absolute atomic E-state index is 0.117. The first kappa shape index (κ1) is 33.9. The Bertz CT molecular complexity index is 1070. The second-order valence-electron chi connectivity index (χ2n) is 9.15. The van der Waals surface area contributed by atoms with Crippen LogP contribution >= 0.6 is 0 Å². The van der Waals surface area contributed by atoms with Gasteiger partial charge in [-0.25, -0.2) is 0 Å². The van der Waals surface area contributed by atoms with Gasteiger partial charge in [0.25, 0.3) is 0 Å². The van der Waals surface area contributed by atoms with Crippen molar-refractivity contribution in [2.75, 3.05) is 13.7 Å².